The molecule has 0 spiro atoms. The zero-order valence-electron chi connectivity index (χ0n) is 8.41. The van der Waals surface area contributed by atoms with Crippen LogP contribution in [0.4, 0.5) is 0 Å². The molecule has 0 heterocycles. The molecule has 1 aliphatic carbocycles. The van der Waals surface area contributed by atoms with E-state index in [1.807, 2.05) is 0 Å². The maximum Gasteiger partial charge on any atom is 0.235 e. The number of ether oxygens (including phenoxy) is 1. The summed E-state index contributed by atoms with van der Waals surface area (Å²) in [6.07, 6.45) is 5.49. The molecule has 0 unspecified atom stereocenters. The lowest BCUT2D eigenvalue weighted by Gasteiger charge is -2.28. The van der Waals surface area contributed by atoms with E-state index < -0.39 is 9.05 Å². The summed E-state index contributed by atoms with van der Waals surface area (Å²) in [7, 11) is 3.34. The SMILES string of the molecule is CO[C@@H](CS(=O)(=O)Cl)C1CCCCC1. The highest BCUT2D eigenvalue weighted by atomic mass is 35.7. The van der Waals surface area contributed by atoms with E-state index in [-0.39, 0.29) is 11.9 Å². The van der Waals surface area contributed by atoms with Crippen LogP contribution in [0.2, 0.25) is 0 Å². The summed E-state index contributed by atoms with van der Waals surface area (Å²) < 4.78 is 27.1. The second kappa shape index (κ2) is 5.33. The fraction of sp³-hybridized carbons (Fsp3) is 1.00. The fourth-order valence-corrected chi connectivity index (χ4v) is 3.27. The van der Waals surface area contributed by atoms with E-state index in [4.69, 9.17) is 15.4 Å². The van der Waals surface area contributed by atoms with E-state index >= 15 is 0 Å². The van der Waals surface area contributed by atoms with Crippen LogP contribution in [0, 0.1) is 5.92 Å². The Hall–Kier alpha value is 0.200. The van der Waals surface area contributed by atoms with Gasteiger partial charge < -0.3 is 4.74 Å². The van der Waals surface area contributed by atoms with Crippen LogP contribution in [0.15, 0.2) is 0 Å². The Labute approximate surface area is 90.2 Å². The molecule has 14 heavy (non-hydrogen) atoms. The summed E-state index contributed by atoms with van der Waals surface area (Å²) in [6.45, 7) is 0. The van der Waals surface area contributed by atoms with Gasteiger partial charge in [0.15, 0.2) is 0 Å². The van der Waals surface area contributed by atoms with E-state index in [2.05, 4.69) is 0 Å². The van der Waals surface area contributed by atoms with E-state index in [0.717, 1.165) is 12.8 Å². The Balaban J connectivity index is 2.52. The summed E-state index contributed by atoms with van der Waals surface area (Å²) in [5.74, 6) is 0.303. The molecule has 0 saturated heterocycles. The Morgan fingerprint density at radius 2 is 1.93 bits per heavy atom. The van der Waals surface area contributed by atoms with Crippen molar-refractivity contribution < 1.29 is 13.2 Å². The van der Waals surface area contributed by atoms with Crippen LogP contribution in [0.5, 0.6) is 0 Å². The van der Waals surface area contributed by atoms with Crippen LogP contribution in [0.1, 0.15) is 32.1 Å². The second-order valence-electron chi connectivity index (χ2n) is 3.88. The first kappa shape index (κ1) is 12.3. The van der Waals surface area contributed by atoms with Crippen LogP contribution in [0.25, 0.3) is 0 Å². The topological polar surface area (TPSA) is 43.4 Å². The van der Waals surface area contributed by atoms with Gasteiger partial charge in [-0.25, -0.2) is 8.42 Å². The molecular weight excluding hydrogens is 224 g/mol. The van der Waals surface area contributed by atoms with Crippen LogP contribution < -0.4 is 0 Å². The molecule has 0 aromatic carbocycles. The number of methoxy groups -OCH3 is 1. The van der Waals surface area contributed by atoms with Gasteiger partial charge in [-0.1, -0.05) is 19.3 Å². The van der Waals surface area contributed by atoms with Gasteiger partial charge in [0.2, 0.25) is 9.05 Å². The monoisotopic (exact) mass is 240 g/mol. The molecular formula is C9H17ClO3S. The second-order valence-corrected chi connectivity index (χ2v) is 6.70. The minimum absolute atomic E-state index is 0.0598. The molecule has 84 valence electrons. The van der Waals surface area contributed by atoms with Crippen molar-refractivity contribution in [2.24, 2.45) is 5.92 Å². The predicted octanol–water partition coefficient (Wildman–Crippen LogP) is 2.15. The van der Waals surface area contributed by atoms with Crippen molar-refractivity contribution in [1.82, 2.24) is 0 Å². The van der Waals surface area contributed by atoms with Crippen molar-refractivity contribution in [1.29, 1.82) is 0 Å². The Bertz CT molecular complexity index is 257. The normalized spacial score (nSPS) is 22.1. The average molecular weight is 241 g/mol. The van der Waals surface area contributed by atoms with Gasteiger partial charge in [-0.05, 0) is 18.8 Å². The third kappa shape index (κ3) is 4.15. The van der Waals surface area contributed by atoms with Gasteiger partial charge in [0.25, 0.3) is 0 Å². The largest absolute Gasteiger partial charge is 0.380 e. The number of halogens is 1. The zero-order valence-corrected chi connectivity index (χ0v) is 9.98. The van der Waals surface area contributed by atoms with Gasteiger partial charge >= 0.3 is 0 Å². The Morgan fingerprint density at radius 3 is 2.36 bits per heavy atom. The standard InChI is InChI=1S/C9H17ClO3S/c1-13-9(7-14(10,11)12)8-5-3-2-4-6-8/h8-9H,2-7H2,1H3/t9-/m0/s1. The van der Waals surface area contributed by atoms with Crippen molar-refractivity contribution in [2.75, 3.05) is 12.9 Å². The van der Waals surface area contributed by atoms with Gasteiger partial charge in [0.1, 0.15) is 0 Å². The van der Waals surface area contributed by atoms with E-state index in [0.29, 0.717) is 5.92 Å². The van der Waals surface area contributed by atoms with Crippen molar-refractivity contribution in [3.8, 4) is 0 Å². The highest BCUT2D eigenvalue weighted by Gasteiger charge is 2.27. The summed E-state index contributed by atoms with van der Waals surface area (Å²) in [5, 5.41) is 0. The highest BCUT2D eigenvalue weighted by molar-refractivity contribution is 8.13. The number of hydrogen-bond acceptors (Lipinski definition) is 3. The van der Waals surface area contributed by atoms with Gasteiger partial charge in [0, 0.05) is 17.8 Å². The van der Waals surface area contributed by atoms with E-state index in [1.165, 1.54) is 19.3 Å². The average Bonchev–Trinajstić information content (AvgIpc) is 2.14. The smallest absolute Gasteiger partial charge is 0.235 e. The highest BCUT2D eigenvalue weighted by Crippen LogP contribution is 2.28. The van der Waals surface area contributed by atoms with Crippen LogP contribution in [-0.2, 0) is 13.8 Å². The molecule has 1 fully saturated rings. The Morgan fingerprint density at radius 1 is 1.36 bits per heavy atom. The minimum atomic E-state index is -3.44. The third-order valence-corrected chi connectivity index (χ3v) is 3.95. The van der Waals surface area contributed by atoms with Gasteiger partial charge in [-0.2, -0.15) is 0 Å². The maximum atomic E-state index is 10.9. The molecule has 3 nitrogen and oxygen atoms in total. The van der Waals surface area contributed by atoms with Crippen molar-refractivity contribution >= 4 is 19.7 Å². The lowest BCUT2D eigenvalue weighted by Crippen LogP contribution is -2.30. The molecule has 5 heteroatoms. The molecule has 0 aromatic rings. The van der Waals surface area contributed by atoms with Crippen LogP contribution in [0.3, 0.4) is 0 Å². The lowest BCUT2D eigenvalue weighted by molar-refractivity contribution is 0.0533. The number of hydrogen-bond donors (Lipinski definition) is 0. The van der Waals surface area contributed by atoms with Crippen LogP contribution in [-0.4, -0.2) is 27.4 Å². The van der Waals surface area contributed by atoms with Crippen molar-refractivity contribution in [3.63, 3.8) is 0 Å². The summed E-state index contributed by atoms with van der Waals surface area (Å²) in [5.41, 5.74) is 0. The van der Waals surface area contributed by atoms with Gasteiger partial charge in [-0.15, -0.1) is 0 Å². The summed E-state index contributed by atoms with van der Waals surface area (Å²) >= 11 is 0. The fourth-order valence-electron chi connectivity index (χ4n) is 2.10. The quantitative estimate of drug-likeness (QED) is 0.708. The summed E-state index contributed by atoms with van der Waals surface area (Å²) in [4.78, 5) is 0. The molecule has 1 rings (SSSR count). The molecule has 0 aliphatic heterocycles. The molecule has 0 aromatic heterocycles. The van der Waals surface area contributed by atoms with Gasteiger partial charge in [0.05, 0.1) is 11.9 Å². The minimum Gasteiger partial charge on any atom is -0.380 e. The Kier molecular flexibility index (Phi) is 4.67. The van der Waals surface area contributed by atoms with Crippen LogP contribution >= 0.6 is 10.7 Å². The maximum absolute atomic E-state index is 10.9. The first-order valence-electron chi connectivity index (χ1n) is 4.98. The third-order valence-electron chi connectivity index (χ3n) is 2.84. The van der Waals surface area contributed by atoms with E-state index in [9.17, 15) is 8.42 Å². The molecule has 1 saturated carbocycles. The molecule has 0 amide bonds. The lowest BCUT2D eigenvalue weighted by atomic mass is 9.86. The molecule has 0 bridgehead atoms. The van der Waals surface area contributed by atoms with Crippen molar-refractivity contribution in [3.05, 3.63) is 0 Å². The predicted molar refractivity (Wildman–Crippen MR) is 57.0 cm³/mol. The first-order chi connectivity index (χ1) is 6.53. The molecule has 0 N–H and O–H groups in total. The van der Waals surface area contributed by atoms with E-state index in [1.54, 1.807) is 7.11 Å². The molecule has 1 aliphatic rings. The molecule has 0 radical (unpaired) electrons. The van der Waals surface area contributed by atoms with Gasteiger partial charge in [-0.3, -0.25) is 0 Å². The zero-order chi connectivity index (χ0) is 10.6. The molecule has 1 atom stereocenters. The van der Waals surface area contributed by atoms with Crippen molar-refractivity contribution in [2.45, 2.75) is 38.2 Å². The first-order valence-corrected chi connectivity index (χ1v) is 7.46. The number of rotatable bonds is 4. The summed E-state index contributed by atoms with van der Waals surface area (Å²) in [6, 6.07) is 0.